The highest BCUT2D eigenvalue weighted by molar-refractivity contribution is 5.87. The maximum absolute atomic E-state index is 10.9. The van der Waals surface area contributed by atoms with E-state index in [1.165, 1.54) is 5.56 Å². The van der Waals surface area contributed by atoms with Crippen LogP contribution in [-0.2, 0) is 6.54 Å². The zero-order valence-electron chi connectivity index (χ0n) is 11.1. The number of aromatic carboxylic acids is 1. The van der Waals surface area contributed by atoms with Crippen molar-refractivity contribution < 1.29 is 9.90 Å². The minimum atomic E-state index is -0.889. The molecule has 2 rings (SSSR count). The van der Waals surface area contributed by atoms with Gasteiger partial charge < -0.3 is 10.0 Å². The Bertz CT molecular complexity index is 576. The molecule has 98 valence electrons. The molecule has 1 N–H and O–H groups in total. The van der Waals surface area contributed by atoms with Crippen molar-refractivity contribution in [3.8, 4) is 0 Å². The van der Waals surface area contributed by atoms with Crippen LogP contribution in [0, 0.1) is 6.92 Å². The molecule has 0 unspecified atom stereocenters. The maximum atomic E-state index is 10.9. The van der Waals surface area contributed by atoms with Crippen LogP contribution in [0.2, 0.25) is 0 Å². The van der Waals surface area contributed by atoms with Crippen molar-refractivity contribution in [2.24, 2.45) is 0 Å². The Balaban J connectivity index is 2.14. The molecule has 0 atom stereocenters. The van der Waals surface area contributed by atoms with E-state index in [0.29, 0.717) is 12.1 Å². The zero-order chi connectivity index (χ0) is 13.8. The van der Waals surface area contributed by atoms with Gasteiger partial charge in [-0.3, -0.25) is 0 Å². The van der Waals surface area contributed by atoms with Crippen LogP contribution < -0.4 is 4.90 Å². The van der Waals surface area contributed by atoms with Gasteiger partial charge in [-0.1, -0.05) is 29.8 Å². The predicted molar refractivity (Wildman–Crippen MR) is 76.7 cm³/mol. The van der Waals surface area contributed by atoms with Gasteiger partial charge in [-0.05, 0) is 36.8 Å². The molecule has 0 aromatic heterocycles. The molecule has 0 amide bonds. The van der Waals surface area contributed by atoms with E-state index in [1.54, 1.807) is 18.2 Å². The molecule has 0 heterocycles. The number of benzene rings is 2. The average Bonchev–Trinajstić information content (AvgIpc) is 2.39. The van der Waals surface area contributed by atoms with E-state index in [1.807, 2.05) is 13.1 Å². The monoisotopic (exact) mass is 255 g/mol. The van der Waals surface area contributed by atoms with Gasteiger partial charge in [0.2, 0.25) is 0 Å². The molecule has 0 radical (unpaired) electrons. The van der Waals surface area contributed by atoms with Crippen molar-refractivity contribution in [1.29, 1.82) is 0 Å². The highest BCUT2D eigenvalue weighted by atomic mass is 16.4. The Morgan fingerprint density at radius 1 is 1.16 bits per heavy atom. The quantitative estimate of drug-likeness (QED) is 0.911. The predicted octanol–water partition coefficient (Wildman–Crippen LogP) is 3.33. The fraction of sp³-hybridized carbons (Fsp3) is 0.188. The molecule has 0 saturated carbocycles. The molecular formula is C16H17NO2. The lowest BCUT2D eigenvalue weighted by Gasteiger charge is -2.19. The summed E-state index contributed by atoms with van der Waals surface area (Å²) in [5.41, 5.74) is 3.66. The second-order valence-corrected chi connectivity index (χ2v) is 4.70. The number of hydrogen-bond acceptors (Lipinski definition) is 2. The van der Waals surface area contributed by atoms with Crippen LogP contribution in [0.4, 0.5) is 5.69 Å². The van der Waals surface area contributed by atoms with Gasteiger partial charge in [0.05, 0.1) is 5.56 Å². The molecule has 0 bridgehead atoms. The second kappa shape index (κ2) is 5.57. The number of aryl methyl sites for hydroxylation is 1. The van der Waals surface area contributed by atoms with Crippen molar-refractivity contribution in [2.75, 3.05) is 11.9 Å². The SMILES string of the molecule is Cc1ccc(N(C)Cc2cccc(C(=O)O)c2)cc1. The number of anilines is 1. The molecular weight excluding hydrogens is 238 g/mol. The zero-order valence-corrected chi connectivity index (χ0v) is 11.1. The van der Waals surface area contributed by atoms with Crippen molar-refractivity contribution in [3.05, 3.63) is 65.2 Å². The number of carbonyl (C=O) groups is 1. The Labute approximate surface area is 113 Å². The average molecular weight is 255 g/mol. The standard InChI is InChI=1S/C16H17NO2/c1-12-6-8-15(9-7-12)17(2)11-13-4-3-5-14(10-13)16(18)19/h3-10H,11H2,1-2H3,(H,18,19). The van der Waals surface area contributed by atoms with Crippen molar-refractivity contribution in [3.63, 3.8) is 0 Å². The summed E-state index contributed by atoms with van der Waals surface area (Å²) in [4.78, 5) is 13.0. The first-order valence-electron chi connectivity index (χ1n) is 6.16. The summed E-state index contributed by atoms with van der Waals surface area (Å²) in [5, 5.41) is 8.98. The number of hydrogen-bond donors (Lipinski definition) is 1. The fourth-order valence-corrected chi connectivity index (χ4v) is 1.97. The Morgan fingerprint density at radius 2 is 1.84 bits per heavy atom. The van der Waals surface area contributed by atoms with Gasteiger partial charge in [-0.25, -0.2) is 4.79 Å². The Morgan fingerprint density at radius 3 is 2.47 bits per heavy atom. The third kappa shape index (κ3) is 3.35. The van der Waals surface area contributed by atoms with Crippen LogP contribution in [0.3, 0.4) is 0 Å². The van der Waals surface area contributed by atoms with E-state index in [0.717, 1.165) is 11.3 Å². The van der Waals surface area contributed by atoms with Gasteiger partial charge in [-0.2, -0.15) is 0 Å². The molecule has 0 saturated heterocycles. The van der Waals surface area contributed by atoms with Crippen LogP contribution in [0.5, 0.6) is 0 Å². The van der Waals surface area contributed by atoms with E-state index in [-0.39, 0.29) is 0 Å². The molecule has 0 fully saturated rings. The van der Waals surface area contributed by atoms with Crippen LogP contribution >= 0.6 is 0 Å². The second-order valence-electron chi connectivity index (χ2n) is 4.70. The van der Waals surface area contributed by atoms with Gasteiger partial charge in [0.25, 0.3) is 0 Å². The van der Waals surface area contributed by atoms with Crippen LogP contribution in [0.25, 0.3) is 0 Å². The molecule has 0 spiro atoms. The summed E-state index contributed by atoms with van der Waals surface area (Å²) in [5.74, 6) is -0.889. The van der Waals surface area contributed by atoms with E-state index in [2.05, 4.69) is 36.1 Å². The summed E-state index contributed by atoms with van der Waals surface area (Å²) >= 11 is 0. The van der Waals surface area contributed by atoms with Crippen molar-refractivity contribution in [1.82, 2.24) is 0 Å². The molecule has 2 aromatic rings. The third-order valence-corrected chi connectivity index (χ3v) is 3.07. The van der Waals surface area contributed by atoms with Gasteiger partial charge in [0.15, 0.2) is 0 Å². The molecule has 3 heteroatoms. The molecule has 2 aromatic carbocycles. The van der Waals surface area contributed by atoms with Crippen LogP contribution in [-0.4, -0.2) is 18.1 Å². The number of carboxylic acid groups (broad SMARTS) is 1. The van der Waals surface area contributed by atoms with Gasteiger partial charge in [0.1, 0.15) is 0 Å². The molecule has 0 aliphatic rings. The normalized spacial score (nSPS) is 10.2. The lowest BCUT2D eigenvalue weighted by atomic mass is 10.1. The number of rotatable bonds is 4. The van der Waals surface area contributed by atoms with E-state index in [4.69, 9.17) is 5.11 Å². The Kier molecular flexibility index (Phi) is 3.85. The van der Waals surface area contributed by atoms with Gasteiger partial charge in [0, 0.05) is 19.3 Å². The van der Waals surface area contributed by atoms with E-state index < -0.39 is 5.97 Å². The summed E-state index contributed by atoms with van der Waals surface area (Å²) in [6, 6.07) is 15.3. The smallest absolute Gasteiger partial charge is 0.335 e. The summed E-state index contributed by atoms with van der Waals surface area (Å²) in [6.45, 7) is 2.74. The highest BCUT2D eigenvalue weighted by Gasteiger charge is 2.06. The van der Waals surface area contributed by atoms with Crippen LogP contribution in [0.1, 0.15) is 21.5 Å². The molecule has 0 aliphatic carbocycles. The first-order chi connectivity index (χ1) is 9.06. The summed E-state index contributed by atoms with van der Waals surface area (Å²) < 4.78 is 0. The van der Waals surface area contributed by atoms with Crippen molar-refractivity contribution >= 4 is 11.7 Å². The van der Waals surface area contributed by atoms with Gasteiger partial charge >= 0.3 is 5.97 Å². The maximum Gasteiger partial charge on any atom is 0.335 e. The lowest BCUT2D eigenvalue weighted by molar-refractivity contribution is 0.0696. The lowest BCUT2D eigenvalue weighted by Crippen LogP contribution is -2.16. The van der Waals surface area contributed by atoms with Crippen molar-refractivity contribution in [2.45, 2.75) is 13.5 Å². The fourth-order valence-electron chi connectivity index (χ4n) is 1.97. The Hall–Kier alpha value is -2.29. The van der Waals surface area contributed by atoms with E-state index in [9.17, 15) is 4.79 Å². The van der Waals surface area contributed by atoms with E-state index >= 15 is 0 Å². The topological polar surface area (TPSA) is 40.5 Å². The van der Waals surface area contributed by atoms with Gasteiger partial charge in [-0.15, -0.1) is 0 Å². The molecule has 3 nitrogen and oxygen atoms in total. The first-order valence-corrected chi connectivity index (χ1v) is 6.16. The minimum absolute atomic E-state index is 0.329. The summed E-state index contributed by atoms with van der Waals surface area (Å²) in [7, 11) is 2.00. The summed E-state index contributed by atoms with van der Waals surface area (Å²) in [6.07, 6.45) is 0. The largest absolute Gasteiger partial charge is 0.478 e. The minimum Gasteiger partial charge on any atom is -0.478 e. The highest BCUT2D eigenvalue weighted by Crippen LogP contribution is 2.16. The third-order valence-electron chi connectivity index (χ3n) is 3.07. The molecule has 0 aliphatic heterocycles. The number of nitrogens with zero attached hydrogens (tertiary/aromatic N) is 1. The van der Waals surface area contributed by atoms with Crippen LogP contribution in [0.15, 0.2) is 48.5 Å². The first kappa shape index (κ1) is 13.1. The molecule has 19 heavy (non-hydrogen) atoms. The number of carboxylic acids is 1.